The number of carbonyl (C=O) groups is 8. The zero-order valence-electron chi connectivity index (χ0n) is 46.9. The first-order valence-electron chi connectivity index (χ1n) is 26.1. The molecule has 2 saturated heterocycles. The van der Waals surface area contributed by atoms with E-state index in [1.54, 1.807) is 50.5 Å². The summed E-state index contributed by atoms with van der Waals surface area (Å²) in [7, 11) is 8.78. The molecule has 25 heteroatoms. The number of methoxy groups -OCH3 is 2. The summed E-state index contributed by atoms with van der Waals surface area (Å²) in [5.74, 6) is -2.94. The number of nitrogens with zero attached hydrogens (tertiary/aromatic N) is 4. The van der Waals surface area contributed by atoms with Crippen LogP contribution in [0.25, 0.3) is 0 Å². The monoisotopic (exact) mass is 1150 g/mol. The second-order valence-electron chi connectivity index (χ2n) is 20.5. The Kier molecular flexibility index (Phi) is 23.5. The van der Waals surface area contributed by atoms with Crippen LogP contribution in [0.5, 0.6) is 5.75 Å². The van der Waals surface area contributed by atoms with Gasteiger partial charge in [0.1, 0.15) is 60.0 Å². The summed E-state index contributed by atoms with van der Waals surface area (Å²) in [6, 6.07) is 2.31. The molecule has 3 N–H and O–H groups in total. The molecule has 2 unspecified atom stereocenters. The van der Waals surface area contributed by atoms with Crippen LogP contribution in [0.15, 0.2) is 48.1 Å². The quantitative estimate of drug-likeness (QED) is 0.0807. The number of anilines is 1. The third-order valence-electron chi connectivity index (χ3n) is 14.5. The number of hydrogen-bond acceptors (Lipinski definition) is 18. The Balaban J connectivity index is 1.17. The number of carbonyl (C=O) groups excluding carboxylic acids is 8. The van der Waals surface area contributed by atoms with Crippen LogP contribution >= 0.6 is 23.4 Å². The Morgan fingerprint density at radius 1 is 1.03 bits per heavy atom. The Labute approximate surface area is 470 Å². The van der Waals surface area contributed by atoms with E-state index < -0.39 is 102 Å². The maximum Gasteiger partial charge on any atom is 0.410 e. The standard InChI is InChI=1S/C54H77ClN6O17S/c1-32-15-12-20-41(72-10)54(70)29-40(76-50(67)57-54)33(2)48-53(4,78-48)42(28-46(65)61(8)38-26-35(25-32)27-39(71-9)47(38)55)77-49(66)34(3)60(7)45(64)21-24-73-51(68)58(5)22-23-59(6)52(69)75-37-18-13-16-36(17-14-19-37)74-30-43(62)56-44(63)31-79-11/h12-13,15,18,20,26-27,33-34,36-37,40-42,48,70H,14,16-17,19,21-25,28-31H2,1-11H3,(H,57,67)(H,56,62,63)/b18-13+,20-12+,32-15+/t33-,34+,36?,37?,40+,41-,42+,48+,53+,54+/m1/s1. The van der Waals surface area contributed by atoms with E-state index in [9.17, 15) is 43.5 Å². The summed E-state index contributed by atoms with van der Waals surface area (Å²) >= 11 is 8.12. The van der Waals surface area contributed by atoms with Gasteiger partial charge in [-0.2, -0.15) is 11.8 Å². The number of nitrogens with one attached hydrogen (secondary N) is 2. The van der Waals surface area contributed by atoms with E-state index in [1.165, 1.54) is 75.8 Å². The lowest BCUT2D eigenvalue weighted by atomic mass is 9.83. The van der Waals surface area contributed by atoms with Crippen molar-refractivity contribution < 1.29 is 81.4 Å². The van der Waals surface area contributed by atoms with Crippen LogP contribution in [-0.2, 0) is 63.6 Å². The minimum atomic E-state index is -1.89. The molecule has 438 valence electrons. The third kappa shape index (κ3) is 17.5. The van der Waals surface area contributed by atoms with E-state index >= 15 is 0 Å². The van der Waals surface area contributed by atoms with Gasteiger partial charge < -0.3 is 62.6 Å². The molecule has 2 fully saturated rings. The van der Waals surface area contributed by atoms with Gasteiger partial charge in [-0.3, -0.25) is 29.8 Å². The van der Waals surface area contributed by atoms with Crippen molar-refractivity contribution in [2.75, 3.05) is 85.6 Å². The molecule has 7 amide bonds. The number of rotatable bonds is 17. The van der Waals surface area contributed by atoms with Crippen molar-refractivity contribution in [3.05, 3.63) is 58.7 Å². The Bertz CT molecular complexity index is 2480. The molecule has 0 spiro atoms. The number of alkyl carbamates (subject to hydrolysis) is 1. The van der Waals surface area contributed by atoms with Crippen molar-refractivity contribution in [2.24, 2.45) is 5.92 Å². The number of thioether (sulfide) groups is 1. The van der Waals surface area contributed by atoms with E-state index in [0.29, 0.717) is 43.5 Å². The van der Waals surface area contributed by atoms with Gasteiger partial charge in [-0.25, -0.2) is 19.2 Å². The lowest BCUT2D eigenvalue weighted by Gasteiger charge is -2.42. The van der Waals surface area contributed by atoms with E-state index in [1.807, 2.05) is 19.1 Å². The molecule has 0 aromatic heterocycles. The first kappa shape index (κ1) is 63.9. The summed E-state index contributed by atoms with van der Waals surface area (Å²) < 4.78 is 46.1. The number of ether oxygens (including phenoxy) is 8. The van der Waals surface area contributed by atoms with Gasteiger partial charge in [-0.15, -0.1) is 0 Å². The van der Waals surface area contributed by atoms with E-state index in [2.05, 4.69) is 10.6 Å². The lowest BCUT2D eigenvalue weighted by molar-refractivity contribution is -0.162. The molecule has 0 saturated carbocycles. The normalized spacial score (nSPS) is 28.0. The van der Waals surface area contributed by atoms with Crippen molar-refractivity contribution in [3.63, 3.8) is 0 Å². The topological polar surface area (TPSA) is 271 Å². The number of benzene rings is 1. The van der Waals surface area contributed by atoms with Gasteiger partial charge in [0.25, 0.3) is 5.91 Å². The lowest BCUT2D eigenvalue weighted by Crippen LogP contribution is -2.63. The van der Waals surface area contributed by atoms with Crippen molar-refractivity contribution in [1.82, 2.24) is 25.3 Å². The fourth-order valence-electron chi connectivity index (χ4n) is 9.38. The van der Waals surface area contributed by atoms with Crippen molar-refractivity contribution in [1.29, 1.82) is 0 Å². The largest absolute Gasteiger partial charge is 0.495 e. The molecule has 79 heavy (non-hydrogen) atoms. The van der Waals surface area contributed by atoms with Gasteiger partial charge in [-0.1, -0.05) is 48.4 Å². The molecule has 1 aliphatic carbocycles. The molecule has 3 aliphatic heterocycles. The second kappa shape index (κ2) is 29.0. The summed E-state index contributed by atoms with van der Waals surface area (Å²) in [5, 5.41) is 16.8. The smallest absolute Gasteiger partial charge is 0.410 e. The Morgan fingerprint density at radius 2 is 1.73 bits per heavy atom. The summed E-state index contributed by atoms with van der Waals surface area (Å²) in [6.07, 6.45) is 5.46. The highest BCUT2D eigenvalue weighted by Crippen LogP contribution is 2.49. The molecule has 1 aromatic rings. The van der Waals surface area contributed by atoms with Crippen LogP contribution in [0.2, 0.25) is 5.02 Å². The average molecular weight is 1150 g/mol. The van der Waals surface area contributed by atoms with Gasteiger partial charge >= 0.3 is 24.2 Å². The number of aliphatic hydroxyl groups is 1. The fraction of sp³-hybridized carbons (Fsp3) is 0.630. The number of likely N-dealkylation sites (N-methyl/N-ethyl adjacent to an activating group) is 3. The number of imide groups is 1. The number of hydrogen-bond donors (Lipinski definition) is 3. The fourth-order valence-corrected chi connectivity index (χ4v) is 10.0. The van der Waals surface area contributed by atoms with Crippen molar-refractivity contribution in [2.45, 2.75) is 133 Å². The number of esters is 1. The molecule has 5 rings (SSSR count). The van der Waals surface area contributed by atoms with Crippen molar-refractivity contribution >= 4 is 76.9 Å². The molecular formula is C54H77ClN6O17S. The average Bonchev–Trinajstić information content (AvgIpc) is 4.13. The van der Waals surface area contributed by atoms with E-state index in [0.717, 1.165) is 16.0 Å². The van der Waals surface area contributed by atoms with Crippen LogP contribution in [0.1, 0.15) is 78.2 Å². The molecule has 23 nitrogen and oxygen atoms in total. The summed E-state index contributed by atoms with van der Waals surface area (Å²) in [4.78, 5) is 110. The zero-order valence-corrected chi connectivity index (χ0v) is 48.5. The van der Waals surface area contributed by atoms with Crippen LogP contribution in [0.3, 0.4) is 0 Å². The number of halogens is 1. The highest BCUT2D eigenvalue weighted by atomic mass is 35.5. The zero-order chi connectivity index (χ0) is 58.4. The third-order valence-corrected chi connectivity index (χ3v) is 15.4. The first-order chi connectivity index (χ1) is 37.3. The number of epoxide rings is 1. The van der Waals surface area contributed by atoms with Gasteiger partial charge in [0.2, 0.25) is 17.7 Å². The maximum absolute atomic E-state index is 14.4. The molecule has 10 atom stereocenters. The van der Waals surface area contributed by atoms with Crippen molar-refractivity contribution in [3.8, 4) is 5.75 Å². The second-order valence-corrected chi connectivity index (χ2v) is 21.7. The molecule has 1 aromatic carbocycles. The Hall–Kier alpha value is -5.92. The number of fused-ring (bicyclic) bond motifs is 5. The predicted octanol–water partition coefficient (Wildman–Crippen LogP) is 4.93. The molecule has 3 heterocycles. The number of allylic oxidation sites excluding steroid dienone is 3. The summed E-state index contributed by atoms with van der Waals surface area (Å²) in [5.41, 5.74) is -1.25. The van der Waals surface area contributed by atoms with Gasteiger partial charge in [0, 0.05) is 60.7 Å². The van der Waals surface area contributed by atoms with Gasteiger partial charge in [-0.05, 0) is 82.9 Å². The van der Waals surface area contributed by atoms with Gasteiger partial charge in [0.15, 0.2) is 5.72 Å². The summed E-state index contributed by atoms with van der Waals surface area (Å²) in [6.45, 7) is 6.35. The number of amides is 7. The molecular weight excluding hydrogens is 1070 g/mol. The predicted molar refractivity (Wildman–Crippen MR) is 291 cm³/mol. The van der Waals surface area contributed by atoms with Crippen LogP contribution < -0.4 is 20.3 Å². The molecule has 4 aliphatic rings. The SMILES string of the molecule is COc1cc2cc(c1Cl)N(C)C(=O)C[C@H](OC(=O)[C@H](C)N(C)C(=O)CCOC(=O)N(C)CCN(C)C(=O)OC1/C=C/CC(OCC(=O)NC(=O)CSC)CCC1)[C@]1(C)O[C@H]1[C@H](C)[C@@H]1C[C@@](O)(NC(=O)O1)[C@H](OC)/C=C/C=C(\C)C2. The van der Waals surface area contributed by atoms with Gasteiger partial charge in [0.05, 0.1) is 43.6 Å². The molecule has 0 radical (unpaired) electrons. The highest BCUT2D eigenvalue weighted by Gasteiger charge is 2.64. The Morgan fingerprint density at radius 3 is 2.42 bits per heavy atom. The van der Waals surface area contributed by atoms with Crippen LogP contribution in [0.4, 0.5) is 20.1 Å². The minimum Gasteiger partial charge on any atom is -0.495 e. The van der Waals surface area contributed by atoms with E-state index in [-0.39, 0.29) is 61.9 Å². The van der Waals surface area contributed by atoms with E-state index in [4.69, 9.17) is 49.5 Å². The first-order valence-corrected chi connectivity index (χ1v) is 27.9. The molecule has 4 bridgehead atoms. The minimum absolute atomic E-state index is 0.0703. The maximum atomic E-state index is 14.4. The highest BCUT2D eigenvalue weighted by molar-refractivity contribution is 7.99. The van der Waals surface area contributed by atoms with Crippen LogP contribution in [-0.4, -0.2) is 202 Å². The van der Waals surface area contributed by atoms with Crippen LogP contribution in [0, 0.1) is 5.92 Å².